The van der Waals surface area contributed by atoms with Gasteiger partial charge in [0.15, 0.2) is 11.6 Å². The van der Waals surface area contributed by atoms with Crippen LogP contribution in [0.3, 0.4) is 0 Å². The SMILES string of the molecule is CCn1c2ccc(CNCCOCCOCCOCCOCCOCCn3cc(COc4ccc(CCc5nc6cc(-c7c(C)noc7C)ccc6n5CCN5CCOCC5)cc4F)nn3)cc2c2ccc(-c3cscn3)cc21. The molecule has 20 heteroatoms. The normalized spacial score (nSPS) is 13.3. The molecule has 1 aliphatic heterocycles. The fraction of sp³-hybridized carbons (Fsp3) is 0.441. The molecule has 10 rings (SSSR count). The summed E-state index contributed by atoms with van der Waals surface area (Å²) in [5.74, 6) is 1.47. The van der Waals surface area contributed by atoms with E-state index in [4.69, 9.17) is 42.7 Å². The first kappa shape index (κ1) is 55.8. The van der Waals surface area contributed by atoms with E-state index in [1.165, 1.54) is 27.4 Å². The highest BCUT2D eigenvalue weighted by atomic mass is 32.1. The first-order chi connectivity index (χ1) is 38.9. The maximum atomic E-state index is 15.4. The molecular formula is C59H71FN10O8S. The van der Waals surface area contributed by atoms with Gasteiger partial charge in [-0.2, -0.15) is 0 Å². The van der Waals surface area contributed by atoms with Gasteiger partial charge in [0.2, 0.25) is 0 Å². The minimum absolute atomic E-state index is 0.0822. The molecule has 79 heavy (non-hydrogen) atoms. The maximum Gasteiger partial charge on any atom is 0.165 e. The molecule has 0 unspecified atom stereocenters. The molecule has 0 bridgehead atoms. The number of rotatable bonds is 32. The number of halogens is 1. The van der Waals surface area contributed by atoms with Gasteiger partial charge in [0.05, 0.1) is 120 Å². The van der Waals surface area contributed by atoms with Crippen LogP contribution in [0.15, 0.2) is 94.4 Å². The molecule has 0 spiro atoms. The topological polar surface area (TPSA) is 172 Å². The second-order valence-corrected chi connectivity index (χ2v) is 20.2. The number of hydrogen-bond donors (Lipinski definition) is 1. The van der Waals surface area contributed by atoms with Crippen molar-refractivity contribution in [2.45, 2.75) is 66.4 Å². The number of fused-ring (bicyclic) bond motifs is 4. The van der Waals surface area contributed by atoms with Crippen molar-refractivity contribution in [1.82, 2.24) is 49.5 Å². The van der Waals surface area contributed by atoms with Crippen molar-refractivity contribution in [2.24, 2.45) is 0 Å². The number of thiazole rings is 1. The lowest BCUT2D eigenvalue weighted by Crippen LogP contribution is -2.38. The predicted molar refractivity (Wildman–Crippen MR) is 302 cm³/mol. The van der Waals surface area contributed by atoms with Crippen LogP contribution in [0, 0.1) is 19.7 Å². The molecule has 0 saturated carbocycles. The summed E-state index contributed by atoms with van der Waals surface area (Å²) in [6, 6.07) is 24.9. The van der Waals surface area contributed by atoms with Gasteiger partial charge in [0.25, 0.3) is 0 Å². The fourth-order valence-corrected chi connectivity index (χ4v) is 10.7. The molecule has 418 valence electrons. The standard InChI is InChI=1S/C59H71FN10O8S/c1-4-69-54-11-5-45(33-50(54)49-10-8-46(36-56(49)69)53-40-79-41-62-53)37-61-15-21-71-25-27-74-29-31-76-32-30-75-28-26-73-24-20-68-38-48(64-66-68)39-77-57-13-6-44(34-51(57)60)7-14-58-63-52-35-47(59-42(2)65-78-43(59)3)9-12-55(52)70(58)17-16-67-18-22-72-23-19-67/h5-6,8-13,33-36,38,40-41,61H,4,7,14-32,37,39H2,1-3H3. The highest BCUT2D eigenvalue weighted by molar-refractivity contribution is 7.07. The van der Waals surface area contributed by atoms with E-state index >= 15 is 4.39 Å². The first-order valence-electron chi connectivity index (χ1n) is 27.4. The van der Waals surface area contributed by atoms with Crippen LogP contribution < -0.4 is 10.1 Å². The molecule has 1 aliphatic rings. The number of morpholine rings is 1. The van der Waals surface area contributed by atoms with Gasteiger partial charge in [-0.25, -0.2) is 19.0 Å². The lowest BCUT2D eigenvalue weighted by molar-refractivity contribution is -0.0114. The summed E-state index contributed by atoms with van der Waals surface area (Å²) in [6.07, 6.45) is 3.04. The molecule has 1 saturated heterocycles. The average Bonchev–Trinajstić information content (AvgIpc) is 4.51. The van der Waals surface area contributed by atoms with Crippen molar-refractivity contribution in [3.63, 3.8) is 0 Å². The third-order valence-corrected chi connectivity index (χ3v) is 14.8. The highest BCUT2D eigenvalue weighted by Crippen LogP contribution is 2.34. The van der Waals surface area contributed by atoms with Crippen molar-refractivity contribution in [1.29, 1.82) is 0 Å². The summed E-state index contributed by atoms with van der Waals surface area (Å²) in [5, 5.41) is 20.7. The van der Waals surface area contributed by atoms with Crippen LogP contribution >= 0.6 is 11.3 Å². The Bertz CT molecular complexity index is 3330. The number of aryl methyl sites for hydroxylation is 5. The molecule has 0 radical (unpaired) electrons. The molecule has 9 aromatic rings. The monoisotopic (exact) mass is 1100 g/mol. The summed E-state index contributed by atoms with van der Waals surface area (Å²) in [6.45, 7) is 19.0. The van der Waals surface area contributed by atoms with Crippen molar-refractivity contribution >= 4 is 44.2 Å². The molecule has 4 aromatic carbocycles. The van der Waals surface area contributed by atoms with Crippen LogP contribution in [-0.4, -0.2) is 150 Å². The Labute approximate surface area is 463 Å². The molecular weight excluding hydrogens is 1030 g/mol. The Hall–Kier alpha value is -6.46. The highest BCUT2D eigenvalue weighted by Gasteiger charge is 2.19. The molecule has 0 atom stereocenters. The van der Waals surface area contributed by atoms with Crippen molar-refractivity contribution in [2.75, 3.05) is 105 Å². The third-order valence-electron chi connectivity index (χ3n) is 14.2. The number of nitrogens with zero attached hydrogens (tertiary/aromatic N) is 9. The van der Waals surface area contributed by atoms with Crippen molar-refractivity contribution in [3.05, 3.63) is 130 Å². The maximum absolute atomic E-state index is 15.4. The molecule has 5 aromatic heterocycles. The van der Waals surface area contributed by atoms with Crippen molar-refractivity contribution in [3.8, 4) is 28.1 Å². The number of aromatic nitrogens is 8. The third kappa shape index (κ3) is 14.7. The summed E-state index contributed by atoms with van der Waals surface area (Å²) in [4.78, 5) is 12.0. The minimum Gasteiger partial charge on any atom is -0.484 e. The van der Waals surface area contributed by atoms with Gasteiger partial charge >= 0.3 is 0 Å². The molecule has 0 amide bonds. The Morgan fingerprint density at radius 1 is 0.709 bits per heavy atom. The lowest BCUT2D eigenvalue weighted by Gasteiger charge is -2.27. The predicted octanol–water partition coefficient (Wildman–Crippen LogP) is 8.86. The van der Waals surface area contributed by atoms with E-state index in [0.717, 1.165) is 115 Å². The fourth-order valence-electron chi connectivity index (χ4n) is 10.1. The summed E-state index contributed by atoms with van der Waals surface area (Å²) >= 11 is 1.62. The van der Waals surface area contributed by atoms with Crippen LogP contribution in [0.5, 0.6) is 5.75 Å². The average molecular weight is 1100 g/mol. The zero-order valence-corrected chi connectivity index (χ0v) is 46.3. The zero-order valence-electron chi connectivity index (χ0n) is 45.5. The Kier molecular flexibility index (Phi) is 19.9. The molecule has 1 N–H and O–H groups in total. The number of imidazole rings is 1. The van der Waals surface area contributed by atoms with Crippen LogP contribution in [0.2, 0.25) is 0 Å². The number of benzene rings is 4. The Morgan fingerprint density at radius 3 is 2.19 bits per heavy atom. The summed E-state index contributed by atoms with van der Waals surface area (Å²) in [5.41, 5.74) is 14.1. The first-order valence-corrected chi connectivity index (χ1v) is 28.4. The van der Waals surface area contributed by atoms with Crippen LogP contribution in [0.25, 0.3) is 55.2 Å². The molecule has 18 nitrogen and oxygen atoms in total. The van der Waals surface area contributed by atoms with Gasteiger partial charge in [-0.05, 0) is 86.3 Å². The van der Waals surface area contributed by atoms with Crippen LogP contribution in [0.4, 0.5) is 4.39 Å². The van der Waals surface area contributed by atoms with E-state index in [9.17, 15) is 0 Å². The summed E-state index contributed by atoms with van der Waals surface area (Å²) < 4.78 is 67.1. The molecule has 1 fully saturated rings. The summed E-state index contributed by atoms with van der Waals surface area (Å²) in [7, 11) is 0. The second-order valence-electron chi connectivity index (χ2n) is 19.5. The van der Waals surface area contributed by atoms with E-state index in [2.05, 4.69) is 107 Å². The quantitative estimate of drug-likeness (QED) is 0.0396. The van der Waals surface area contributed by atoms with Gasteiger partial charge < -0.3 is 52.1 Å². The number of hydrogen-bond acceptors (Lipinski definition) is 16. The largest absolute Gasteiger partial charge is 0.484 e. The molecule has 6 heterocycles. The smallest absolute Gasteiger partial charge is 0.165 e. The Morgan fingerprint density at radius 2 is 1.46 bits per heavy atom. The van der Waals surface area contributed by atoms with E-state index in [-0.39, 0.29) is 12.4 Å². The van der Waals surface area contributed by atoms with E-state index in [1.807, 2.05) is 25.4 Å². The van der Waals surface area contributed by atoms with E-state index < -0.39 is 5.82 Å². The van der Waals surface area contributed by atoms with Gasteiger partial charge in [0.1, 0.15) is 23.9 Å². The second kappa shape index (κ2) is 28.1. The lowest BCUT2D eigenvalue weighted by atomic mass is 10.0. The van der Waals surface area contributed by atoms with Crippen LogP contribution in [0.1, 0.15) is 41.0 Å². The zero-order chi connectivity index (χ0) is 54.2. The van der Waals surface area contributed by atoms with Gasteiger partial charge in [-0.15, -0.1) is 16.4 Å². The van der Waals surface area contributed by atoms with E-state index in [0.29, 0.717) is 91.1 Å². The van der Waals surface area contributed by atoms with E-state index in [1.54, 1.807) is 34.3 Å². The number of ether oxygens (including phenoxy) is 7. The van der Waals surface area contributed by atoms with Crippen LogP contribution in [-0.2, 0) is 74.0 Å². The van der Waals surface area contributed by atoms with Crippen molar-refractivity contribution < 1.29 is 42.1 Å². The number of nitrogens with one attached hydrogen (secondary N) is 1. The van der Waals surface area contributed by atoms with Gasteiger partial charge in [-0.1, -0.05) is 40.7 Å². The molecule has 0 aliphatic carbocycles. The Balaban J connectivity index is 0.547. The van der Waals surface area contributed by atoms with Gasteiger partial charge in [-0.3, -0.25) is 4.90 Å². The van der Waals surface area contributed by atoms with Gasteiger partial charge in [0, 0.05) is 90.5 Å². The minimum atomic E-state index is -0.427.